The summed E-state index contributed by atoms with van der Waals surface area (Å²) >= 11 is 0. The Morgan fingerprint density at radius 2 is 1.64 bits per heavy atom. The average molecular weight is 484 g/mol. The summed E-state index contributed by atoms with van der Waals surface area (Å²) in [4.78, 5) is 23.1. The number of primary sulfonamides is 1. The summed E-state index contributed by atoms with van der Waals surface area (Å²) < 4.78 is 39.5. The zero-order valence-corrected chi connectivity index (χ0v) is 17.5. The second-order valence-corrected chi connectivity index (χ2v) is 8.52. The fourth-order valence-corrected chi connectivity index (χ4v) is 3.70. The number of carbonyl (C=O) groups is 2. The molecule has 0 aromatic heterocycles. The van der Waals surface area contributed by atoms with Gasteiger partial charge >= 0.3 is 11.9 Å². The lowest BCUT2D eigenvalue weighted by molar-refractivity contribution is -0.278. The molecule has 0 aliphatic carbocycles. The molecule has 1 aliphatic rings. The van der Waals surface area contributed by atoms with E-state index >= 15 is 0 Å². The van der Waals surface area contributed by atoms with Crippen LogP contribution in [0.1, 0.15) is 10.4 Å². The third-order valence-electron chi connectivity index (χ3n) is 4.63. The van der Waals surface area contributed by atoms with Crippen molar-refractivity contribution >= 4 is 27.6 Å². The molecular formula is C19H20N2O11S. The molecular weight excluding hydrogens is 464 g/mol. The van der Waals surface area contributed by atoms with Gasteiger partial charge in [-0.15, -0.1) is 0 Å². The van der Waals surface area contributed by atoms with Crippen molar-refractivity contribution in [1.29, 1.82) is 0 Å². The zero-order valence-electron chi connectivity index (χ0n) is 16.6. The van der Waals surface area contributed by atoms with Crippen molar-refractivity contribution < 1.29 is 52.6 Å². The first-order valence-electron chi connectivity index (χ1n) is 9.23. The third kappa shape index (κ3) is 5.22. The molecule has 178 valence electrons. The first-order valence-corrected chi connectivity index (χ1v) is 10.8. The van der Waals surface area contributed by atoms with Crippen LogP contribution in [-0.2, 0) is 24.3 Å². The zero-order chi connectivity index (χ0) is 24.5. The van der Waals surface area contributed by atoms with E-state index in [0.717, 1.165) is 12.1 Å². The van der Waals surface area contributed by atoms with Gasteiger partial charge in [-0.1, -0.05) is 18.2 Å². The van der Waals surface area contributed by atoms with Gasteiger partial charge in [-0.3, -0.25) is 0 Å². The molecule has 1 fully saturated rings. The van der Waals surface area contributed by atoms with Gasteiger partial charge in [-0.2, -0.15) is 0 Å². The number of esters is 1. The number of aliphatic hydroxyl groups excluding tert-OH is 3. The van der Waals surface area contributed by atoms with Gasteiger partial charge < -0.3 is 40.4 Å². The molecule has 0 spiro atoms. The molecule has 5 atom stereocenters. The van der Waals surface area contributed by atoms with Crippen molar-refractivity contribution in [2.75, 3.05) is 5.73 Å². The molecule has 0 radical (unpaired) electrons. The Kier molecular flexibility index (Phi) is 6.87. The second kappa shape index (κ2) is 9.30. The molecule has 1 aliphatic heterocycles. The highest BCUT2D eigenvalue weighted by Crippen LogP contribution is 2.35. The summed E-state index contributed by atoms with van der Waals surface area (Å²) in [6, 6.07) is 9.80. The Hall–Kier alpha value is -3.27. The number of ether oxygens (including phenoxy) is 3. The number of sulfonamides is 1. The monoisotopic (exact) mass is 484 g/mol. The summed E-state index contributed by atoms with van der Waals surface area (Å²) in [5.74, 6) is -3.10. The summed E-state index contributed by atoms with van der Waals surface area (Å²) in [6.07, 6.45) is -10.0. The lowest BCUT2D eigenvalue weighted by atomic mass is 9.99. The Morgan fingerprint density at radius 3 is 2.21 bits per heavy atom. The van der Waals surface area contributed by atoms with Crippen molar-refractivity contribution in [3.05, 3.63) is 48.0 Å². The van der Waals surface area contributed by atoms with Crippen LogP contribution in [0.15, 0.2) is 47.4 Å². The number of carbonyl (C=O) groups excluding carboxylic acids is 1. The van der Waals surface area contributed by atoms with E-state index in [-0.39, 0.29) is 17.2 Å². The average Bonchev–Trinajstić information content (AvgIpc) is 2.74. The molecule has 2 aromatic carbocycles. The predicted molar refractivity (Wildman–Crippen MR) is 108 cm³/mol. The molecule has 13 nitrogen and oxygen atoms in total. The minimum Gasteiger partial charge on any atom is -0.479 e. The van der Waals surface area contributed by atoms with Gasteiger partial charge in [-0.05, 0) is 24.3 Å². The van der Waals surface area contributed by atoms with E-state index in [4.69, 9.17) is 30.2 Å². The van der Waals surface area contributed by atoms with Crippen molar-refractivity contribution in [3.8, 4) is 11.5 Å². The van der Waals surface area contributed by atoms with Crippen LogP contribution in [0.3, 0.4) is 0 Å². The lowest BCUT2D eigenvalue weighted by Gasteiger charge is -2.37. The van der Waals surface area contributed by atoms with E-state index in [1.165, 1.54) is 12.1 Å². The number of nitrogens with two attached hydrogens (primary N) is 2. The van der Waals surface area contributed by atoms with E-state index in [1.54, 1.807) is 18.2 Å². The molecule has 0 unspecified atom stereocenters. The van der Waals surface area contributed by atoms with E-state index in [9.17, 15) is 33.3 Å². The molecule has 2 aromatic rings. The molecule has 0 bridgehead atoms. The van der Waals surface area contributed by atoms with Crippen LogP contribution in [0.5, 0.6) is 11.5 Å². The number of nitrogen functional groups attached to an aromatic ring is 1. The minimum atomic E-state index is -4.46. The van der Waals surface area contributed by atoms with Crippen LogP contribution in [0, 0.1) is 0 Å². The summed E-state index contributed by atoms with van der Waals surface area (Å²) in [7, 11) is -4.46. The number of rotatable bonds is 6. The van der Waals surface area contributed by atoms with E-state index < -0.39 is 63.1 Å². The van der Waals surface area contributed by atoms with Gasteiger partial charge in [0.25, 0.3) is 0 Å². The summed E-state index contributed by atoms with van der Waals surface area (Å²) in [5, 5.41) is 43.8. The van der Waals surface area contributed by atoms with E-state index in [1.807, 2.05) is 0 Å². The molecule has 1 saturated heterocycles. The minimum absolute atomic E-state index is 0.232. The van der Waals surface area contributed by atoms with Crippen LogP contribution in [0.4, 0.5) is 5.69 Å². The Morgan fingerprint density at radius 1 is 1.00 bits per heavy atom. The number of aliphatic carboxylic acids is 1. The number of para-hydroxylation sites is 1. The van der Waals surface area contributed by atoms with Gasteiger partial charge in [0.05, 0.1) is 11.3 Å². The van der Waals surface area contributed by atoms with E-state index in [2.05, 4.69) is 0 Å². The van der Waals surface area contributed by atoms with Crippen molar-refractivity contribution in [3.63, 3.8) is 0 Å². The number of anilines is 1. The quantitative estimate of drug-likeness (QED) is 0.209. The topological polar surface area (TPSA) is 229 Å². The van der Waals surface area contributed by atoms with Crippen molar-refractivity contribution in [2.24, 2.45) is 5.14 Å². The molecule has 0 saturated carbocycles. The van der Waals surface area contributed by atoms with Crippen LogP contribution < -0.4 is 15.6 Å². The Bertz CT molecular complexity index is 1160. The van der Waals surface area contributed by atoms with Gasteiger partial charge in [0, 0.05) is 0 Å². The predicted octanol–water partition coefficient (Wildman–Crippen LogP) is -1.24. The molecule has 8 N–H and O–H groups in total. The number of hydrogen-bond acceptors (Lipinski definition) is 11. The van der Waals surface area contributed by atoms with E-state index in [0.29, 0.717) is 0 Å². The van der Waals surface area contributed by atoms with Gasteiger partial charge in [0.2, 0.25) is 16.3 Å². The highest BCUT2D eigenvalue weighted by atomic mass is 32.2. The van der Waals surface area contributed by atoms with Gasteiger partial charge in [-0.25, -0.2) is 23.1 Å². The first kappa shape index (κ1) is 24.4. The van der Waals surface area contributed by atoms with Crippen molar-refractivity contribution in [1.82, 2.24) is 0 Å². The molecule has 1 heterocycles. The standard InChI is InChI=1S/C19H20N2O11S/c20-10-6-8(7-11(33(21,28)29)15(10)30-9-4-2-1-3-5-9)18(27)32-19-14(24)12(22)13(23)16(31-19)17(25)26/h1-7,12-14,16,19,22-24H,20H2,(H,25,26)(H2,21,28,29)/t12-,13-,14+,16-,19-/m0/s1. The SMILES string of the molecule is Nc1cc(C(=O)O[C@@H]2O[C@H](C(=O)O)[C@@H](O)[C@H](O)[C@H]2O)cc(S(N)(=O)=O)c1Oc1ccccc1. The van der Waals surface area contributed by atoms with Crippen LogP contribution in [0.25, 0.3) is 0 Å². The number of hydrogen-bond donors (Lipinski definition) is 6. The number of carboxylic acids is 1. The maximum atomic E-state index is 12.6. The molecule has 33 heavy (non-hydrogen) atoms. The van der Waals surface area contributed by atoms with Crippen LogP contribution in [0.2, 0.25) is 0 Å². The highest BCUT2D eigenvalue weighted by Gasteiger charge is 2.48. The van der Waals surface area contributed by atoms with Gasteiger partial charge in [0.1, 0.15) is 29.0 Å². The largest absolute Gasteiger partial charge is 0.479 e. The Labute approximate surface area is 186 Å². The molecule has 14 heteroatoms. The number of aliphatic hydroxyl groups is 3. The highest BCUT2D eigenvalue weighted by molar-refractivity contribution is 7.89. The van der Waals surface area contributed by atoms with Crippen LogP contribution >= 0.6 is 0 Å². The Balaban J connectivity index is 1.92. The summed E-state index contributed by atoms with van der Waals surface area (Å²) in [5.41, 5.74) is 5.12. The fourth-order valence-electron chi connectivity index (χ4n) is 2.99. The fraction of sp³-hybridized carbons (Fsp3) is 0.263. The number of carboxylic acid groups (broad SMARTS) is 1. The summed E-state index contributed by atoms with van der Waals surface area (Å²) in [6.45, 7) is 0. The van der Waals surface area contributed by atoms with Crippen LogP contribution in [-0.4, -0.2) is 71.5 Å². The lowest BCUT2D eigenvalue weighted by Crippen LogP contribution is -2.60. The molecule has 0 amide bonds. The maximum Gasteiger partial charge on any atom is 0.340 e. The third-order valence-corrected chi connectivity index (χ3v) is 5.54. The number of benzene rings is 2. The second-order valence-electron chi connectivity index (χ2n) is 6.99. The van der Waals surface area contributed by atoms with Crippen molar-refractivity contribution in [2.45, 2.75) is 35.6 Å². The smallest absolute Gasteiger partial charge is 0.340 e. The molecule has 3 rings (SSSR count). The maximum absolute atomic E-state index is 12.6. The normalized spacial score (nSPS) is 25.3. The first-order chi connectivity index (χ1) is 15.4. The van der Waals surface area contributed by atoms with Gasteiger partial charge in [0.15, 0.2) is 11.9 Å².